The van der Waals surface area contributed by atoms with Gasteiger partial charge in [0.25, 0.3) is 0 Å². The summed E-state index contributed by atoms with van der Waals surface area (Å²) in [6.45, 7) is 2.29. The van der Waals surface area contributed by atoms with E-state index >= 15 is 0 Å². The van der Waals surface area contributed by atoms with Gasteiger partial charge in [-0.2, -0.15) is 0 Å². The smallest absolute Gasteiger partial charge is 0.319 e. The zero-order valence-electron chi connectivity index (χ0n) is 13.7. The standard InChI is InChI=1S/C17H21N3O3S/c1-14-8-10-16(11-9-14)20(24(2,22)23)13-12-18-17(21)19-15-6-4-3-5-7-15/h3-11H,12-13H2,1-2H3,(H2,18,19,21). The van der Waals surface area contributed by atoms with Crippen molar-refractivity contribution in [1.82, 2.24) is 5.32 Å². The molecule has 0 spiro atoms. The lowest BCUT2D eigenvalue weighted by atomic mass is 10.2. The van der Waals surface area contributed by atoms with Gasteiger partial charge in [-0.1, -0.05) is 35.9 Å². The molecule has 0 aliphatic carbocycles. The fourth-order valence-corrected chi connectivity index (χ4v) is 3.09. The van der Waals surface area contributed by atoms with Crippen molar-refractivity contribution in [3.8, 4) is 0 Å². The number of aryl methyl sites for hydroxylation is 1. The zero-order chi connectivity index (χ0) is 17.6. The molecule has 0 aliphatic heterocycles. The van der Waals surface area contributed by atoms with Crippen LogP contribution < -0.4 is 14.9 Å². The number of anilines is 2. The minimum absolute atomic E-state index is 0.157. The van der Waals surface area contributed by atoms with Crippen LogP contribution in [0, 0.1) is 6.92 Å². The van der Waals surface area contributed by atoms with Crippen molar-refractivity contribution >= 4 is 27.4 Å². The summed E-state index contributed by atoms with van der Waals surface area (Å²) in [4.78, 5) is 11.8. The number of hydrogen-bond donors (Lipinski definition) is 2. The fraction of sp³-hybridized carbons (Fsp3) is 0.235. The predicted octanol–water partition coefficient (Wildman–Crippen LogP) is 2.58. The first-order chi connectivity index (χ1) is 11.4. The van der Waals surface area contributed by atoms with Crippen LogP contribution in [0.4, 0.5) is 16.2 Å². The Balaban J connectivity index is 1.94. The van der Waals surface area contributed by atoms with E-state index in [1.807, 2.05) is 37.3 Å². The molecule has 6 nitrogen and oxygen atoms in total. The molecule has 7 heteroatoms. The summed E-state index contributed by atoms with van der Waals surface area (Å²) >= 11 is 0. The zero-order valence-corrected chi connectivity index (χ0v) is 14.5. The Bertz CT molecular complexity index is 774. The van der Waals surface area contributed by atoms with Crippen molar-refractivity contribution in [2.45, 2.75) is 6.92 Å². The average Bonchev–Trinajstić information content (AvgIpc) is 2.52. The van der Waals surface area contributed by atoms with E-state index in [2.05, 4.69) is 10.6 Å². The number of para-hydroxylation sites is 1. The van der Waals surface area contributed by atoms with Gasteiger partial charge >= 0.3 is 6.03 Å². The Kier molecular flexibility index (Phi) is 5.81. The highest BCUT2D eigenvalue weighted by atomic mass is 32.2. The Morgan fingerprint density at radius 3 is 2.25 bits per heavy atom. The van der Waals surface area contributed by atoms with Crippen molar-refractivity contribution in [3.05, 3.63) is 60.2 Å². The summed E-state index contributed by atoms with van der Waals surface area (Å²) in [6, 6.07) is 15.9. The van der Waals surface area contributed by atoms with Crippen LogP contribution in [-0.4, -0.2) is 33.8 Å². The molecule has 0 bridgehead atoms. The van der Waals surface area contributed by atoms with Crippen LogP contribution in [0.5, 0.6) is 0 Å². The molecule has 0 aliphatic rings. The van der Waals surface area contributed by atoms with Gasteiger partial charge in [0.05, 0.1) is 18.5 Å². The molecular formula is C17H21N3O3S. The molecule has 2 aromatic carbocycles. The first-order valence-electron chi connectivity index (χ1n) is 7.50. The Hall–Kier alpha value is -2.54. The summed E-state index contributed by atoms with van der Waals surface area (Å²) in [5.41, 5.74) is 2.30. The third-order valence-electron chi connectivity index (χ3n) is 3.35. The first-order valence-corrected chi connectivity index (χ1v) is 9.35. The monoisotopic (exact) mass is 347 g/mol. The van der Waals surface area contributed by atoms with Gasteiger partial charge in [-0.15, -0.1) is 0 Å². The van der Waals surface area contributed by atoms with Crippen LogP contribution in [0.15, 0.2) is 54.6 Å². The molecule has 0 radical (unpaired) electrons. The number of hydrogen-bond acceptors (Lipinski definition) is 3. The molecule has 0 aromatic heterocycles. The Morgan fingerprint density at radius 2 is 1.67 bits per heavy atom. The van der Waals surface area contributed by atoms with E-state index in [9.17, 15) is 13.2 Å². The maximum absolute atomic E-state index is 12.0. The fourth-order valence-electron chi connectivity index (χ4n) is 2.17. The molecule has 2 rings (SSSR count). The molecule has 2 amide bonds. The van der Waals surface area contributed by atoms with Crippen LogP contribution in [0.25, 0.3) is 0 Å². The number of carbonyl (C=O) groups is 1. The van der Waals surface area contributed by atoms with Crippen molar-refractivity contribution in [2.24, 2.45) is 0 Å². The summed E-state index contributed by atoms with van der Waals surface area (Å²) in [6.07, 6.45) is 1.15. The van der Waals surface area contributed by atoms with Crippen LogP contribution in [-0.2, 0) is 10.0 Å². The highest BCUT2D eigenvalue weighted by Crippen LogP contribution is 2.17. The molecule has 2 N–H and O–H groups in total. The van der Waals surface area contributed by atoms with Crippen molar-refractivity contribution < 1.29 is 13.2 Å². The van der Waals surface area contributed by atoms with Gasteiger partial charge in [0.2, 0.25) is 10.0 Å². The van der Waals surface area contributed by atoms with Crippen LogP contribution in [0.3, 0.4) is 0 Å². The van der Waals surface area contributed by atoms with Gasteiger partial charge in [-0.3, -0.25) is 4.31 Å². The number of benzene rings is 2. The molecule has 0 fully saturated rings. The summed E-state index contributed by atoms with van der Waals surface area (Å²) in [5, 5.41) is 5.34. The van der Waals surface area contributed by atoms with Crippen LogP contribution in [0.1, 0.15) is 5.56 Å². The molecule has 2 aromatic rings. The molecular weight excluding hydrogens is 326 g/mol. The van der Waals surface area contributed by atoms with E-state index in [0.29, 0.717) is 11.4 Å². The number of nitrogens with zero attached hydrogens (tertiary/aromatic N) is 1. The number of nitrogens with one attached hydrogen (secondary N) is 2. The van der Waals surface area contributed by atoms with Crippen LogP contribution in [0.2, 0.25) is 0 Å². The molecule has 24 heavy (non-hydrogen) atoms. The molecule has 0 unspecified atom stereocenters. The van der Waals surface area contributed by atoms with Gasteiger partial charge < -0.3 is 10.6 Å². The van der Waals surface area contributed by atoms with E-state index in [-0.39, 0.29) is 19.1 Å². The van der Waals surface area contributed by atoms with E-state index in [1.165, 1.54) is 4.31 Å². The van der Waals surface area contributed by atoms with Gasteiger partial charge in [-0.25, -0.2) is 13.2 Å². The molecule has 0 heterocycles. The number of carbonyl (C=O) groups excluding carboxylic acids is 1. The Labute approximate surface area is 142 Å². The summed E-state index contributed by atoms with van der Waals surface area (Å²) < 4.78 is 25.2. The number of sulfonamides is 1. The van der Waals surface area contributed by atoms with Crippen molar-refractivity contribution in [1.29, 1.82) is 0 Å². The second kappa shape index (κ2) is 7.83. The lowest BCUT2D eigenvalue weighted by Crippen LogP contribution is -2.39. The maximum Gasteiger partial charge on any atom is 0.319 e. The lowest BCUT2D eigenvalue weighted by molar-refractivity contribution is 0.252. The largest absolute Gasteiger partial charge is 0.336 e. The highest BCUT2D eigenvalue weighted by molar-refractivity contribution is 7.92. The second-order valence-electron chi connectivity index (χ2n) is 5.42. The van der Waals surface area contributed by atoms with E-state index in [0.717, 1.165) is 11.8 Å². The van der Waals surface area contributed by atoms with Gasteiger partial charge in [-0.05, 0) is 31.2 Å². The third kappa shape index (κ3) is 5.27. The third-order valence-corrected chi connectivity index (χ3v) is 4.55. The van der Waals surface area contributed by atoms with Gasteiger partial charge in [0, 0.05) is 12.2 Å². The highest BCUT2D eigenvalue weighted by Gasteiger charge is 2.17. The second-order valence-corrected chi connectivity index (χ2v) is 7.32. The average molecular weight is 347 g/mol. The quantitative estimate of drug-likeness (QED) is 0.843. The lowest BCUT2D eigenvalue weighted by Gasteiger charge is -2.22. The van der Waals surface area contributed by atoms with E-state index in [4.69, 9.17) is 0 Å². The topological polar surface area (TPSA) is 78.5 Å². The predicted molar refractivity (Wildman–Crippen MR) is 96.8 cm³/mol. The molecule has 0 saturated heterocycles. The van der Waals surface area contributed by atoms with Crippen molar-refractivity contribution in [3.63, 3.8) is 0 Å². The van der Waals surface area contributed by atoms with Gasteiger partial charge in [0.15, 0.2) is 0 Å². The first kappa shape index (κ1) is 17.8. The van der Waals surface area contributed by atoms with Crippen LogP contribution >= 0.6 is 0 Å². The van der Waals surface area contributed by atoms with Gasteiger partial charge in [0.1, 0.15) is 0 Å². The SMILES string of the molecule is Cc1ccc(N(CCNC(=O)Nc2ccccc2)S(C)(=O)=O)cc1. The van der Waals surface area contributed by atoms with E-state index < -0.39 is 10.0 Å². The molecule has 0 atom stereocenters. The number of urea groups is 1. The normalized spacial score (nSPS) is 10.9. The minimum Gasteiger partial charge on any atom is -0.336 e. The molecule has 0 saturated carbocycles. The summed E-state index contributed by atoms with van der Waals surface area (Å²) in [7, 11) is -3.43. The molecule has 128 valence electrons. The minimum atomic E-state index is -3.43. The Morgan fingerprint density at radius 1 is 1.04 bits per heavy atom. The maximum atomic E-state index is 12.0. The summed E-state index contributed by atoms with van der Waals surface area (Å²) in [5.74, 6) is 0. The van der Waals surface area contributed by atoms with E-state index in [1.54, 1.807) is 24.3 Å². The number of rotatable bonds is 6. The van der Waals surface area contributed by atoms with Crippen molar-refractivity contribution in [2.75, 3.05) is 29.0 Å². The number of amides is 2.